The average molecular weight is 512 g/mol. The van der Waals surface area contributed by atoms with E-state index in [9.17, 15) is 9.18 Å². The number of rotatable bonds is 3. The molecule has 1 aliphatic heterocycles. The largest absolute Gasteiger partial charge is 0.351 e. The number of benzene rings is 3. The van der Waals surface area contributed by atoms with Crippen molar-refractivity contribution in [1.29, 1.82) is 0 Å². The minimum Gasteiger partial charge on any atom is -0.351 e. The number of nitrogens with one attached hydrogen (secondary N) is 1. The third-order valence-electron chi connectivity index (χ3n) is 6.07. The monoisotopic (exact) mass is 511 g/mol. The van der Waals surface area contributed by atoms with Crippen molar-refractivity contribution < 1.29 is 9.18 Å². The number of anilines is 2. The normalized spacial score (nSPS) is 15.6. The highest BCUT2D eigenvalue weighted by atomic mass is 35.5. The van der Waals surface area contributed by atoms with Crippen molar-refractivity contribution in [3.63, 3.8) is 0 Å². The lowest BCUT2D eigenvalue weighted by molar-refractivity contribution is 0.184. The lowest BCUT2D eigenvalue weighted by Gasteiger charge is -2.40. The average Bonchev–Trinajstić information content (AvgIpc) is 2.85. The number of amides is 2. The highest BCUT2D eigenvalue weighted by Gasteiger charge is 2.29. The quantitative estimate of drug-likeness (QED) is 0.352. The maximum Gasteiger partial charge on any atom is 0.322 e. The standard InChI is InChI=1S/C26H23ClFN5O.ClH/c1-17-16-32(14-15-33(17)26(34)29-21-12-8-19(27)9-13-21)25-23-5-3-2-4-22(23)24(30-31-25)18-6-10-20(28)11-7-18;/h2-13,17H,14-16H2,1H3,(H,29,34);1H/t17-;/m0./s1. The van der Waals surface area contributed by atoms with E-state index >= 15 is 0 Å². The van der Waals surface area contributed by atoms with E-state index in [0.717, 1.165) is 22.2 Å². The third-order valence-corrected chi connectivity index (χ3v) is 6.32. The van der Waals surface area contributed by atoms with Crippen LogP contribution < -0.4 is 10.2 Å². The molecular weight excluding hydrogens is 488 g/mol. The van der Waals surface area contributed by atoms with Crippen LogP contribution in [0, 0.1) is 5.82 Å². The second-order valence-electron chi connectivity index (χ2n) is 8.35. The Morgan fingerprint density at radius 1 is 0.971 bits per heavy atom. The number of aromatic nitrogens is 2. The van der Waals surface area contributed by atoms with Gasteiger partial charge in [-0.25, -0.2) is 9.18 Å². The molecule has 5 rings (SSSR count). The molecule has 0 aliphatic carbocycles. The van der Waals surface area contributed by atoms with E-state index < -0.39 is 0 Å². The van der Waals surface area contributed by atoms with E-state index in [1.807, 2.05) is 36.1 Å². The predicted octanol–water partition coefficient (Wildman–Crippen LogP) is 6.25. The Morgan fingerprint density at radius 2 is 1.66 bits per heavy atom. The fourth-order valence-electron chi connectivity index (χ4n) is 4.32. The van der Waals surface area contributed by atoms with E-state index in [2.05, 4.69) is 20.4 Å². The molecule has 0 radical (unpaired) electrons. The predicted molar refractivity (Wildman–Crippen MR) is 141 cm³/mol. The van der Waals surface area contributed by atoms with E-state index in [-0.39, 0.29) is 30.3 Å². The van der Waals surface area contributed by atoms with E-state index in [1.165, 1.54) is 12.1 Å². The molecule has 2 heterocycles. The van der Waals surface area contributed by atoms with Crippen LogP contribution in [0.4, 0.5) is 20.7 Å². The molecule has 0 saturated carbocycles. The molecule has 1 fully saturated rings. The van der Waals surface area contributed by atoms with Crippen molar-refractivity contribution in [3.05, 3.63) is 83.6 Å². The van der Waals surface area contributed by atoms with Crippen LogP contribution in [0.25, 0.3) is 22.0 Å². The minimum absolute atomic E-state index is 0. The maximum absolute atomic E-state index is 13.4. The van der Waals surface area contributed by atoms with Gasteiger partial charge in [0.25, 0.3) is 0 Å². The molecule has 180 valence electrons. The molecule has 4 aromatic rings. The molecule has 9 heteroatoms. The SMILES string of the molecule is C[C@H]1CN(c2nnc(-c3ccc(F)cc3)c3ccccc23)CCN1C(=O)Nc1ccc(Cl)cc1.Cl. The summed E-state index contributed by atoms with van der Waals surface area (Å²) in [6.45, 7) is 3.84. The first-order valence-electron chi connectivity index (χ1n) is 11.1. The summed E-state index contributed by atoms with van der Waals surface area (Å²) in [5.74, 6) is 0.496. The number of hydrogen-bond donors (Lipinski definition) is 1. The van der Waals surface area contributed by atoms with Gasteiger partial charge in [0.15, 0.2) is 5.82 Å². The number of fused-ring (bicyclic) bond motifs is 1. The zero-order valence-electron chi connectivity index (χ0n) is 19.0. The Kier molecular flexibility index (Phi) is 7.38. The van der Waals surface area contributed by atoms with Crippen molar-refractivity contribution in [3.8, 4) is 11.3 Å². The van der Waals surface area contributed by atoms with Crippen molar-refractivity contribution in [2.24, 2.45) is 0 Å². The van der Waals surface area contributed by atoms with Gasteiger partial charge in [0.05, 0.1) is 0 Å². The first kappa shape index (κ1) is 24.7. The van der Waals surface area contributed by atoms with E-state index in [1.54, 1.807) is 36.4 Å². The summed E-state index contributed by atoms with van der Waals surface area (Å²) in [7, 11) is 0. The molecule has 2 amide bonds. The summed E-state index contributed by atoms with van der Waals surface area (Å²) in [5.41, 5.74) is 2.24. The molecule has 1 N–H and O–H groups in total. The number of carbonyl (C=O) groups excluding carboxylic acids is 1. The Balaban J connectivity index is 0.00000289. The first-order valence-corrected chi connectivity index (χ1v) is 11.5. The molecule has 1 saturated heterocycles. The molecule has 1 atom stereocenters. The van der Waals surface area contributed by atoms with Gasteiger partial charge in [0, 0.05) is 52.7 Å². The Morgan fingerprint density at radius 3 is 2.34 bits per heavy atom. The minimum atomic E-state index is -0.287. The smallest absolute Gasteiger partial charge is 0.322 e. The second kappa shape index (κ2) is 10.5. The Hall–Kier alpha value is -3.42. The van der Waals surface area contributed by atoms with Crippen LogP contribution in [0.3, 0.4) is 0 Å². The zero-order chi connectivity index (χ0) is 23.7. The van der Waals surface area contributed by atoms with Crippen LogP contribution in [-0.2, 0) is 0 Å². The summed E-state index contributed by atoms with van der Waals surface area (Å²) in [6.07, 6.45) is 0. The lowest BCUT2D eigenvalue weighted by atomic mass is 10.0. The second-order valence-corrected chi connectivity index (χ2v) is 8.79. The van der Waals surface area contributed by atoms with Gasteiger partial charge in [-0.1, -0.05) is 35.9 Å². The molecule has 1 aliphatic rings. The zero-order valence-corrected chi connectivity index (χ0v) is 20.6. The highest BCUT2D eigenvalue weighted by molar-refractivity contribution is 6.30. The molecule has 0 spiro atoms. The maximum atomic E-state index is 13.4. The molecule has 6 nitrogen and oxygen atoms in total. The number of hydrogen-bond acceptors (Lipinski definition) is 4. The van der Waals surface area contributed by atoms with Gasteiger partial charge in [-0.2, -0.15) is 0 Å². The van der Waals surface area contributed by atoms with Crippen LogP contribution in [0.15, 0.2) is 72.8 Å². The van der Waals surface area contributed by atoms with Crippen molar-refractivity contribution in [2.75, 3.05) is 29.9 Å². The van der Waals surface area contributed by atoms with Gasteiger partial charge in [-0.05, 0) is 55.5 Å². The molecule has 0 unspecified atom stereocenters. The van der Waals surface area contributed by atoms with Crippen LogP contribution in [0.2, 0.25) is 5.02 Å². The van der Waals surface area contributed by atoms with Crippen LogP contribution in [0.1, 0.15) is 6.92 Å². The molecule has 35 heavy (non-hydrogen) atoms. The number of urea groups is 1. The number of piperazine rings is 1. The Bertz CT molecular complexity index is 1330. The summed E-state index contributed by atoms with van der Waals surface area (Å²) < 4.78 is 13.4. The Labute approximate surface area is 214 Å². The van der Waals surface area contributed by atoms with Gasteiger partial charge in [-0.3, -0.25) is 0 Å². The molecule has 3 aromatic carbocycles. The van der Waals surface area contributed by atoms with E-state index in [0.29, 0.717) is 36.0 Å². The fourth-order valence-corrected chi connectivity index (χ4v) is 4.45. The van der Waals surface area contributed by atoms with Crippen molar-refractivity contribution in [1.82, 2.24) is 15.1 Å². The summed E-state index contributed by atoms with van der Waals surface area (Å²) in [6, 6.07) is 21.1. The van der Waals surface area contributed by atoms with E-state index in [4.69, 9.17) is 11.6 Å². The lowest BCUT2D eigenvalue weighted by Crippen LogP contribution is -2.55. The highest BCUT2D eigenvalue weighted by Crippen LogP contribution is 2.32. The number of carbonyl (C=O) groups is 1. The van der Waals surface area contributed by atoms with Gasteiger partial charge >= 0.3 is 6.03 Å². The van der Waals surface area contributed by atoms with Gasteiger partial charge in [-0.15, -0.1) is 22.6 Å². The van der Waals surface area contributed by atoms with Gasteiger partial charge in [0.1, 0.15) is 11.5 Å². The molecule has 1 aromatic heterocycles. The van der Waals surface area contributed by atoms with Crippen molar-refractivity contribution in [2.45, 2.75) is 13.0 Å². The number of nitrogens with zero attached hydrogens (tertiary/aromatic N) is 4. The topological polar surface area (TPSA) is 61.4 Å². The fraction of sp³-hybridized carbons (Fsp3) is 0.192. The third kappa shape index (κ3) is 5.16. The number of halogens is 3. The summed E-state index contributed by atoms with van der Waals surface area (Å²) in [4.78, 5) is 16.8. The van der Waals surface area contributed by atoms with Crippen LogP contribution in [0.5, 0.6) is 0 Å². The van der Waals surface area contributed by atoms with Gasteiger partial charge < -0.3 is 15.1 Å². The first-order chi connectivity index (χ1) is 16.5. The van der Waals surface area contributed by atoms with Crippen LogP contribution in [-0.4, -0.2) is 46.8 Å². The van der Waals surface area contributed by atoms with Crippen molar-refractivity contribution >= 4 is 52.3 Å². The molecule has 0 bridgehead atoms. The van der Waals surface area contributed by atoms with Crippen LogP contribution >= 0.6 is 24.0 Å². The molecular formula is C26H24Cl2FN5O. The summed E-state index contributed by atoms with van der Waals surface area (Å²) in [5, 5.41) is 14.6. The van der Waals surface area contributed by atoms with Gasteiger partial charge in [0.2, 0.25) is 0 Å². The summed E-state index contributed by atoms with van der Waals surface area (Å²) >= 11 is 5.93.